The van der Waals surface area contributed by atoms with Gasteiger partial charge >= 0.3 is 0 Å². The first-order valence-corrected chi connectivity index (χ1v) is 12.6. The summed E-state index contributed by atoms with van der Waals surface area (Å²) in [7, 11) is 0. The van der Waals surface area contributed by atoms with E-state index in [4.69, 9.17) is 0 Å². The predicted molar refractivity (Wildman–Crippen MR) is 133 cm³/mol. The molecule has 0 saturated carbocycles. The first-order valence-electron chi connectivity index (χ1n) is 12.6. The minimum absolute atomic E-state index is 0. The van der Waals surface area contributed by atoms with Gasteiger partial charge in [0.2, 0.25) is 0 Å². The van der Waals surface area contributed by atoms with E-state index in [-0.39, 0.29) is 31.0 Å². The summed E-state index contributed by atoms with van der Waals surface area (Å²) in [5.41, 5.74) is 0. The van der Waals surface area contributed by atoms with Crippen molar-refractivity contribution in [2.45, 2.75) is 137 Å². The lowest BCUT2D eigenvalue weighted by Gasteiger charge is -2.36. The summed E-state index contributed by atoms with van der Waals surface area (Å²) >= 11 is 0. The smallest absolute Gasteiger partial charge is 0.0786 e. The molecule has 2 nitrogen and oxygen atoms in total. The van der Waals surface area contributed by atoms with Crippen LogP contribution in [0.1, 0.15) is 137 Å². The summed E-state index contributed by atoms with van der Waals surface area (Å²) in [6.07, 6.45) is 24.8. The van der Waals surface area contributed by atoms with Gasteiger partial charge in [-0.25, -0.2) is 0 Å². The first kappa shape index (κ1) is 36.8. The SMILES string of the molecule is CCCCCCCCCCCCCCCCCC[N+](CC)(CC)CCC.Cl.N.[Cl-]. The van der Waals surface area contributed by atoms with Crippen LogP contribution in [0.3, 0.4) is 0 Å². The molecule has 0 aromatic carbocycles. The number of quaternary nitrogens is 1. The molecule has 0 bridgehead atoms. The summed E-state index contributed by atoms with van der Waals surface area (Å²) in [6.45, 7) is 14.8. The van der Waals surface area contributed by atoms with Crippen LogP contribution in [0.15, 0.2) is 0 Å². The van der Waals surface area contributed by atoms with Crippen molar-refractivity contribution >= 4 is 12.4 Å². The molecular formula is C25H58Cl2N2. The van der Waals surface area contributed by atoms with E-state index in [0.29, 0.717) is 0 Å². The third-order valence-electron chi connectivity index (χ3n) is 6.53. The van der Waals surface area contributed by atoms with Gasteiger partial charge < -0.3 is 23.0 Å². The molecule has 0 aromatic rings. The molecule has 0 radical (unpaired) electrons. The van der Waals surface area contributed by atoms with E-state index in [1.165, 1.54) is 140 Å². The molecule has 0 spiro atoms. The van der Waals surface area contributed by atoms with Gasteiger partial charge in [-0.3, -0.25) is 0 Å². The fourth-order valence-electron chi connectivity index (χ4n) is 4.44. The van der Waals surface area contributed by atoms with Crippen molar-refractivity contribution in [3.63, 3.8) is 0 Å². The van der Waals surface area contributed by atoms with Crippen LogP contribution in [0.2, 0.25) is 0 Å². The van der Waals surface area contributed by atoms with Gasteiger partial charge in [-0.05, 0) is 33.1 Å². The summed E-state index contributed by atoms with van der Waals surface area (Å²) < 4.78 is 1.36. The molecule has 182 valence electrons. The maximum absolute atomic E-state index is 2.38. The van der Waals surface area contributed by atoms with Gasteiger partial charge in [0.05, 0.1) is 26.2 Å². The second-order valence-corrected chi connectivity index (χ2v) is 8.72. The number of rotatable bonds is 21. The molecule has 3 N–H and O–H groups in total. The zero-order valence-corrected chi connectivity index (χ0v) is 22.4. The van der Waals surface area contributed by atoms with Crippen molar-refractivity contribution in [3.05, 3.63) is 0 Å². The van der Waals surface area contributed by atoms with Gasteiger partial charge in [-0.1, -0.05) is 104 Å². The van der Waals surface area contributed by atoms with E-state index in [2.05, 4.69) is 27.7 Å². The highest BCUT2D eigenvalue weighted by Crippen LogP contribution is 2.15. The molecule has 0 heterocycles. The fraction of sp³-hybridized carbons (Fsp3) is 1.00. The van der Waals surface area contributed by atoms with E-state index < -0.39 is 0 Å². The topological polar surface area (TPSA) is 35.0 Å². The average Bonchev–Trinajstić information content (AvgIpc) is 2.66. The second-order valence-electron chi connectivity index (χ2n) is 8.72. The van der Waals surface area contributed by atoms with Crippen LogP contribution < -0.4 is 18.6 Å². The number of hydrogen-bond acceptors (Lipinski definition) is 1. The minimum atomic E-state index is 0. The lowest BCUT2D eigenvalue weighted by Crippen LogP contribution is -3.00. The van der Waals surface area contributed by atoms with Crippen molar-refractivity contribution < 1.29 is 16.9 Å². The van der Waals surface area contributed by atoms with Crippen LogP contribution in [-0.2, 0) is 0 Å². The van der Waals surface area contributed by atoms with Gasteiger partial charge in [0, 0.05) is 0 Å². The van der Waals surface area contributed by atoms with Crippen molar-refractivity contribution in [2.75, 3.05) is 26.2 Å². The second kappa shape index (κ2) is 28.5. The third kappa shape index (κ3) is 23.0. The number of hydrogen-bond donors (Lipinski definition) is 1. The van der Waals surface area contributed by atoms with Crippen molar-refractivity contribution in [3.8, 4) is 0 Å². The summed E-state index contributed by atoms with van der Waals surface area (Å²) in [5.74, 6) is 0. The lowest BCUT2D eigenvalue weighted by molar-refractivity contribution is -0.925. The number of nitrogens with zero attached hydrogens (tertiary/aromatic N) is 1. The molecule has 0 aliphatic rings. The molecular weight excluding hydrogens is 399 g/mol. The molecule has 0 unspecified atom stereocenters. The Morgan fingerprint density at radius 3 is 1.00 bits per heavy atom. The molecule has 0 atom stereocenters. The monoisotopic (exact) mass is 456 g/mol. The Morgan fingerprint density at radius 1 is 0.414 bits per heavy atom. The minimum Gasteiger partial charge on any atom is -1.00 e. The van der Waals surface area contributed by atoms with E-state index in [0.717, 1.165) is 0 Å². The third-order valence-corrected chi connectivity index (χ3v) is 6.53. The van der Waals surface area contributed by atoms with E-state index in [1.54, 1.807) is 0 Å². The van der Waals surface area contributed by atoms with Crippen molar-refractivity contribution in [1.82, 2.24) is 6.15 Å². The van der Waals surface area contributed by atoms with E-state index in [1.807, 2.05) is 0 Å². The summed E-state index contributed by atoms with van der Waals surface area (Å²) in [5, 5.41) is 0. The highest BCUT2D eigenvalue weighted by molar-refractivity contribution is 5.85. The molecule has 0 aliphatic heterocycles. The average molecular weight is 458 g/mol. The molecule has 0 aliphatic carbocycles. The highest BCUT2D eigenvalue weighted by atomic mass is 35.5. The standard InChI is InChI=1S/C25H54N.2ClH.H3N/c1-5-9-10-11-12-13-14-15-16-17-18-19-20-21-22-23-25-26(7-3,8-4)24-6-2;;;/h5-25H2,1-4H3;2*1H;1H3/q+1;;;/p-1. The maximum atomic E-state index is 2.38. The van der Waals surface area contributed by atoms with Crippen molar-refractivity contribution in [1.29, 1.82) is 0 Å². The predicted octanol–water partition coefficient (Wildman–Crippen LogP) is 6.10. The van der Waals surface area contributed by atoms with Gasteiger partial charge in [-0.2, -0.15) is 0 Å². The Labute approximate surface area is 198 Å². The zero-order valence-electron chi connectivity index (χ0n) is 20.8. The first-order chi connectivity index (χ1) is 12.7. The lowest BCUT2D eigenvalue weighted by atomic mass is 10.0. The van der Waals surface area contributed by atoms with Crippen LogP contribution in [0.25, 0.3) is 0 Å². The fourth-order valence-corrected chi connectivity index (χ4v) is 4.44. The molecule has 0 amide bonds. The van der Waals surface area contributed by atoms with Crippen LogP contribution in [-0.4, -0.2) is 30.7 Å². The Hall–Kier alpha value is 0.500. The summed E-state index contributed by atoms with van der Waals surface area (Å²) in [6, 6.07) is 0. The quantitative estimate of drug-likeness (QED) is 0.164. The van der Waals surface area contributed by atoms with Crippen molar-refractivity contribution in [2.24, 2.45) is 0 Å². The van der Waals surface area contributed by atoms with Gasteiger partial charge in [0.1, 0.15) is 0 Å². The molecule has 0 aromatic heterocycles. The van der Waals surface area contributed by atoms with Crippen LogP contribution >= 0.6 is 12.4 Å². The van der Waals surface area contributed by atoms with Gasteiger partial charge in [-0.15, -0.1) is 12.4 Å². The van der Waals surface area contributed by atoms with Gasteiger partial charge in [0.15, 0.2) is 0 Å². The Bertz CT molecular complexity index is 272. The molecule has 0 rings (SSSR count). The number of unbranched alkanes of at least 4 members (excludes halogenated alkanes) is 15. The van der Waals surface area contributed by atoms with Crippen LogP contribution in [0.5, 0.6) is 0 Å². The van der Waals surface area contributed by atoms with Gasteiger partial charge in [0.25, 0.3) is 0 Å². The van der Waals surface area contributed by atoms with Crippen LogP contribution in [0, 0.1) is 0 Å². The molecule has 4 heteroatoms. The maximum Gasteiger partial charge on any atom is 0.0786 e. The zero-order chi connectivity index (χ0) is 19.3. The molecule has 0 saturated heterocycles. The Balaban J connectivity index is -0.00000104. The molecule has 0 fully saturated rings. The highest BCUT2D eigenvalue weighted by Gasteiger charge is 2.20. The summed E-state index contributed by atoms with van der Waals surface area (Å²) in [4.78, 5) is 0. The van der Waals surface area contributed by atoms with Crippen LogP contribution in [0.4, 0.5) is 0 Å². The van der Waals surface area contributed by atoms with E-state index in [9.17, 15) is 0 Å². The normalized spacial score (nSPS) is 10.8. The largest absolute Gasteiger partial charge is 1.00 e. The molecule has 29 heavy (non-hydrogen) atoms. The Kier molecular flexibility index (Phi) is 36.2. The Morgan fingerprint density at radius 2 is 0.724 bits per heavy atom. The number of halogens is 2. The van der Waals surface area contributed by atoms with E-state index >= 15 is 0 Å².